The van der Waals surface area contributed by atoms with Crippen molar-refractivity contribution < 1.29 is 19.1 Å². The number of aliphatic carboxylic acids is 1. The molecule has 2 heterocycles. The summed E-state index contributed by atoms with van der Waals surface area (Å²) >= 11 is 1.38. The van der Waals surface area contributed by atoms with E-state index in [0.29, 0.717) is 22.9 Å². The Kier molecular flexibility index (Phi) is 4.65. The van der Waals surface area contributed by atoms with E-state index in [4.69, 9.17) is 9.52 Å². The second-order valence-corrected chi connectivity index (χ2v) is 6.80. The van der Waals surface area contributed by atoms with E-state index in [0.717, 1.165) is 4.88 Å². The summed E-state index contributed by atoms with van der Waals surface area (Å²) in [6, 6.07) is 3.55. The van der Waals surface area contributed by atoms with Crippen LogP contribution in [0.25, 0.3) is 10.8 Å². The molecule has 22 heavy (non-hydrogen) atoms. The van der Waals surface area contributed by atoms with Gasteiger partial charge in [0, 0.05) is 11.4 Å². The number of amides is 1. The molecule has 0 radical (unpaired) electrons. The molecule has 0 aliphatic carbocycles. The molecule has 0 unspecified atom stereocenters. The standard InChI is InChI=1S/C15H18N2O4S/c1-9-11(17-13(22-9)10-5-4-8-21-10)12(18)16-7-6-15(2,3)14(19)20/h4-5,8H,6-7H2,1-3H3,(H,16,18)(H,19,20). The van der Waals surface area contributed by atoms with Gasteiger partial charge in [-0.25, -0.2) is 4.98 Å². The first-order valence-corrected chi connectivity index (χ1v) is 7.66. The highest BCUT2D eigenvalue weighted by Gasteiger charge is 2.27. The fourth-order valence-corrected chi connectivity index (χ4v) is 2.67. The third-order valence-corrected chi connectivity index (χ3v) is 4.34. The van der Waals surface area contributed by atoms with Gasteiger partial charge in [-0.3, -0.25) is 9.59 Å². The van der Waals surface area contributed by atoms with Crippen LogP contribution in [0.5, 0.6) is 0 Å². The number of aryl methyl sites for hydroxylation is 1. The van der Waals surface area contributed by atoms with Gasteiger partial charge in [-0.05, 0) is 39.3 Å². The molecule has 6 nitrogen and oxygen atoms in total. The van der Waals surface area contributed by atoms with Crippen LogP contribution in [-0.4, -0.2) is 28.5 Å². The van der Waals surface area contributed by atoms with Crippen molar-refractivity contribution in [1.29, 1.82) is 0 Å². The van der Waals surface area contributed by atoms with Crippen LogP contribution in [0, 0.1) is 12.3 Å². The summed E-state index contributed by atoms with van der Waals surface area (Å²) < 4.78 is 5.27. The SMILES string of the molecule is Cc1sc(-c2ccco2)nc1C(=O)NCCC(C)(C)C(=O)O. The molecule has 2 aromatic heterocycles. The zero-order chi connectivity index (χ0) is 16.3. The smallest absolute Gasteiger partial charge is 0.309 e. The fourth-order valence-electron chi connectivity index (χ4n) is 1.79. The summed E-state index contributed by atoms with van der Waals surface area (Å²) in [6.07, 6.45) is 1.90. The lowest BCUT2D eigenvalue weighted by atomic mass is 9.90. The molecule has 0 aliphatic heterocycles. The van der Waals surface area contributed by atoms with Gasteiger partial charge in [0.25, 0.3) is 5.91 Å². The second kappa shape index (κ2) is 6.31. The second-order valence-electron chi connectivity index (χ2n) is 5.60. The fraction of sp³-hybridized carbons (Fsp3) is 0.400. The maximum absolute atomic E-state index is 12.2. The van der Waals surface area contributed by atoms with Gasteiger partial charge in [0.15, 0.2) is 10.8 Å². The normalized spacial score (nSPS) is 11.4. The summed E-state index contributed by atoms with van der Waals surface area (Å²) in [7, 11) is 0. The Hall–Kier alpha value is -2.15. The quantitative estimate of drug-likeness (QED) is 0.853. The number of furan rings is 1. The van der Waals surface area contributed by atoms with E-state index >= 15 is 0 Å². The number of rotatable bonds is 6. The summed E-state index contributed by atoms with van der Waals surface area (Å²) in [5.41, 5.74) is -0.520. The number of carbonyl (C=O) groups excluding carboxylic acids is 1. The maximum atomic E-state index is 12.2. The van der Waals surface area contributed by atoms with E-state index in [1.54, 1.807) is 32.2 Å². The summed E-state index contributed by atoms with van der Waals surface area (Å²) in [5, 5.41) is 12.4. The summed E-state index contributed by atoms with van der Waals surface area (Å²) in [5.74, 6) is -0.557. The van der Waals surface area contributed by atoms with Crippen molar-refractivity contribution in [1.82, 2.24) is 10.3 Å². The minimum atomic E-state index is -0.883. The van der Waals surface area contributed by atoms with Gasteiger partial charge in [-0.2, -0.15) is 0 Å². The van der Waals surface area contributed by atoms with Crippen LogP contribution in [0.1, 0.15) is 35.6 Å². The van der Waals surface area contributed by atoms with Gasteiger partial charge in [0.05, 0.1) is 11.7 Å². The van der Waals surface area contributed by atoms with Gasteiger partial charge in [-0.15, -0.1) is 11.3 Å². The number of carboxylic acid groups (broad SMARTS) is 1. The molecule has 7 heteroatoms. The van der Waals surface area contributed by atoms with Crippen LogP contribution in [0.4, 0.5) is 0 Å². The molecule has 118 valence electrons. The Morgan fingerprint density at radius 1 is 1.45 bits per heavy atom. The molecule has 0 bridgehead atoms. The van der Waals surface area contributed by atoms with Crippen LogP contribution in [-0.2, 0) is 4.79 Å². The molecule has 0 fully saturated rings. The lowest BCUT2D eigenvalue weighted by molar-refractivity contribution is -0.147. The summed E-state index contributed by atoms with van der Waals surface area (Å²) in [4.78, 5) is 28.3. The molecule has 1 amide bonds. The molecular formula is C15H18N2O4S. The van der Waals surface area contributed by atoms with Gasteiger partial charge in [-0.1, -0.05) is 0 Å². The molecule has 0 aliphatic rings. The lowest BCUT2D eigenvalue weighted by Crippen LogP contribution is -2.32. The van der Waals surface area contributed by atoms with Crippen LogP contribution >= 0.6 is 11.3 Å². The van der Waals surface area contributed by atoms with Gasteiger partial charge in [0.1, 0.15) is 5.69 Å². The molecule has 0 saturated carbocycles. The zero-order valence-electron chi connectivity index (χ0n) is 12.7. The lowest BCUT2D eigenvalue weighted by Gasteiger charge is -2.18. The van der Waals surface area contributed by atoms with Crippen LogP contribution in [0.15, 0.2) is 22.8 Å². The first kappa shape index (κ1) is 16.2. The molecule has 2 rings (SSSR count). The minimum absolute atomic E-state index is 0.283. The predicted molar refractivity (Wildman–Crippen MR) is 82.9 cm³/mol. The third-order valence-electron chi connectivity index (χ3n) is 3.36. The van der Waals surface area contributed by atoms with E-state index in [1.165, 1.54) is 11.3 Å². The Morgan fingerprint density at radius 2 is 2.18 bits per heavy atom. The molecule has 0 aromatic carbocycles. The van der Waals surface area contributed by atoms with E-state index in [-0.39, 0.29) is 12.5 Å². The average Bonchev–Trinajstić information content (AvgIpc) is 3.06. The van der Waals surface area contributed by atoms with Gasteiger partial charge < -0.3 is 14.8 Å². The number of hydrogen-bond donors (Lipinski definition) is 2. The molecule has 0 atom stereocenters. The van der Waals surface area contributed by atoms with Crippen molar-refractivity contribution in [2.45, 2.75) is 27.2 Å². The molecular weight excluding hydrogens is 304 g/mol. The first-order chi connectivity index (χ1) is 10.3. The maximum Gasteiger partial charge on any atom is 0.309 e. The number of aromatic nitrogens is 1. The zero-order valence-corrected chi connectivity index (χ0v) is 13.5. The van der Waals surface area contributed by atoms with E-state index in [2.05, 4.69) is 10.3 Å². The van der Waals surface area contributed by atoms with Crippen molar-refractivity contribution in [3.05, 3.63) is 29.0 Å². The number of carboxylic acids is 1. The number of hydrogen-bond acceptors (Lipinski definition) is 5. The highest BCUT2D eigenvalue weighted by atomic mass is 32.1. The summed E-state index contributed by atoms with van der Waals surface area (Å²) in [6.45, 7) is 5.36. The van der Waals surface area contributed by atoms with Crippen LogP contribution < -0.4 is 5.32 Å². The minimum Gasteiger partial charge on any atom is -0.481 e. The Balaban J connectivity index is 2.00. The highest BCUT2D eigenvalue weighted by molar-refractivity contribution is 7.15. The number of thiazole rings is 1. The third kappa shape index (κ3) is 3.54. The Bertz CT molecular complexity index is 674. The van der Waals surface area contributed by atoms with E-state index in [1.807, 2.05) is 6.92 Å². The first-order valence-electron chi connectivity index (χ1n) is 6.84. The van der Waals surface area contributed by atoms with Crippen molar-refractivity contribution >= 4 is 23.2 Å². The number of nitrogens with one attached hydrogen (secondary N) is 1. The predicted octanol–water partition coefficient (Wildman–Crippen LogP) is 2.94. The van der Waals surface area contributed by atoms with E-state index in [9.17, 15) is 9.59 Å². The van der Waals surface area contributed by atoms with Crippen molar-refractivity contribution in [2.24, 2.45) is 5.41 Å². The molecule has 0 spiro atoms. The van der Waals surface area contributed by atoms with Crippen molar-refractivity contribution in [2.75, 3.05) is 6.54 Å². The van der Waals surface area contributed by atoms with Crippen LogP contribution in [0.3, 0.4) is 0 Å². The number of nitrogens with zero attached hydrogens (tertiary/aromatic N) is 1. The van der Waals surface area contributed by atoms with Gasteiger partial charge >= 0.3 is 5.97 Å². The highest BCUT2D eigenvalue weighted by Crippen LogP contribution is 2.28. The van der Waals surface area contributed by atoms with Gasteiger partial charge in [0.2, 0.25) is 0 Å². The molecule has 0 saturated heterocycles. The molecule has 2 aromatic rings. The van der Waals surface area contributed by atoms with E-state index < -0.39 is 11.4 Å². The van der Waals surface area contributed by atoms with Crippen LogP contribution in [0.2, 0.25) is 0 Å². The van der Waals surface area contributed by atoms with Crippen molar-refractivity contribution in [3.63, 3.8) is 0 Å². The Morgan fingerprint density at radius 3 is 2.77 bits per heavy atom. The Labute approximate surface area is 132 Å². The number of carbonyl (C=O) groups is 2. The van der Waals surface area contributed by atoms with Crippen molar-refractivity contribution in [3.8, 4) is 10.8 Å². The molecule has 2 N–H and O–H groups in total. The monoisotopic (exact) mass is 322 g/mol. The average molecular weight is 322 g/mol. The largest absolute Gasteiger partial charge is 0.481 e. The topological polar surface area (TPSA) is 92.4 Å².